The normalized spacial score (nSPS) is 22.7. The van der Waals surface area contributed by atoms with E-state index in [2.05, 4.69) is 17.3 Å². The van der Waals surface area contributed by atoms with Gasteiger partial charge >= 0.3 is 0 Å². The van der Waals surface area contributed by atoms with Crippen LogP contribution in [-0.4, -0.2) is 35.1 Å². The largest absolute Gasteiger partial charge is 0.353 e. The van der Waals surface area contributed by atoms with Crippen molar-refractivity contribution < 1.29 is 9.59 Å². The summed E-state index contributed by atoms with van der Waals surface area (Å²) in [5.41, 5.74) is 1.99. The van der Waals surface area contributed by atoms with E-state index < -0.39 is 0 Å². The van der Waals surface area contributed by atoms with Gasteiger partial charge in [-0.25, -0.2) is 5.01 Å². The van der Waals surface area contributed by atoms with Crippen molar-refractivity contribution in [2.45, 2.75) is 45.1 Å². The second-order valence-corrected chi connectivity index (χ2v) is 6.26. The second kappa shape index (κ2) is 6.94. The van der Waals surface area contributed by atoms with Crippen molar-refractivity contribution in [3.05, 3.63) is 35.9 Å². The molecular formula is C18H23N3O2. The monoisotopic (exact) mass is 313 g/mol. The van der Waals surface area contributed by atoms with Crippen molar-refractivity contribution in [3.8, 4) is 0 Å². The van der Waals surface area contributed by atoms with Crippen LogP contribution in [0.15, 0.2) is 35.4 Å². The Kier molecular flexibility index (Phi) is 4.74. The van der Waals surface area contributed by atoms with E-state index in [0.29, 0.717) is 18.5 Å². The topological polar surface area (TPSA) is 61.8 Å². The molecule has 0 aromatic heterocycles. The fourth-order valence-corrected chi connectivity index (χ4v) is 2.97. The molecule has 1 aliphatic carbocycles. The molecule has 1 heterocycles. The molecule has 3 rings (SSSR count). The van der Waals surface area contributed by atoms with E-state index in [4.69, 9.17) is 0 Å². The zero-order valence-corrected chi connectivity index (χ0v) is 13.5. The van der Waals surface area contributed by atoms with E-state index in [0.717, 1.165) is 30.5 Å². The molecule has 0 radical (unpaired) electrons. The highest BCUT2D eigenvalue weighted by Crippen LogP contribution is 2.33. The van der Waals surface area contributed by atoms with Gasteiger partial charge in [0, 0.05) is 25.3 Å². The first kappa shape index (κ1) is 15.7. The fraction of sp³-hybridized carbons (Fsp3) is 0.500. The van der Waals surface area contributed by atoms with Crippen LogP contribution in [0.25, 0.3) is 0 Å². The minimum atomic E-state index is -0.0751. The molecule has 1 fully saturated rings. The minimum Gasteiger partial charge on any atom is -0.353 e. The summed E-state index contributed by atoms with van der Waals surface area (Å²) in [6, 6.07) is 10.2. The maximum atomic E-state index is 12.2. The molecule has 5 heteroatoms. The summed E-state index contributed by atoms with van der Waals surface area (Å²) in [7, 11) is 0. The number of nitrogens with one attached hydrogen (secondary N) is 1. The summed E-state index contributed by atoms with van der Waals surface area (Å²) in [5, 5.41) is 8.90. The summed E-state index contributed by atoms with van der Waals surface area (Å²) in [5.74, 6) is 0.533. The quantitative estimate of drug-likeness (QED) is 0.876. The Hall–Kier alpha value is -2.17. The maximum absolute atomic E-state index is 12.2. The lowest BCUT2D eigenvalue weighted by Gasteiger charge is -2.11. The second-order valence-electron chi connectivity index (χ2n) is 6.26. The lowest BCUT2D eigenvalue weighted by molar-refractivity contribution is -0.133. The van der Waals surface area contributed by atoms with E-state index in [1.165, 1.54) is 5.01 Å². The molecule has 0 spiro atoms. The van der Waals surface area contributed by atoms with Gasteiger partial charge in [-0.15, -0.1) is 0 Å². The summed E-state index contributed by atoms with van der Waals surface area (Å²) < 4.78 is 0. The predicted octanol–water partition coefficient (Wildman–Crippen LogP) is 2.32. The van der Waals surface area contributed by atoms with Gasteiger partial charge in [-0.2, -0.15) is 5.10 Å². The first-order valence-electron chi connectivity index (χ1n) is 8.40. The molecule has 1 aromatic carbocycles. The molecule has 23 heavy (non-hydrogen) atoms. The van der Waals surface area contributed by atoms with Crippen molar-refractivity contribution in [1.29, 1.82) is 0 Å². The number of rotatable bonds is 6. The van der Waals surface area contributed by atoms with Gasteiger partial charge < -0.3 is 5.32 Å². The highest BCUT2D eigenvalue weighted by molar-refractivity contribution is 6.02. The zero-order chi connectivity index (χ0) is 16.2. The van der Waals surface area contributed by atoms with Crippen molar-refractivity contribution in [2.24, 2.45) is 11.0 Å². The Morgan fingerprint density at radius 2 is 2.04 bits per heavy atom. The molecule has 1 aromatic rings. The van der Waals surface area contributed by atoms with Gasteiger partial charge in [-0.1, -0.05) is 43.7 Å². The van der Waals surface area contributed by atoms with Gasteiger partial charge in [0.2, 0.25) is 11.8 Å². The van der Waals surface area contributed by atoms with E-state index in [-0.39, 0.29) is 24.7 Å². The van der Waals surface area contributed by atoms with Crippen LogP contribution < -0.4 is 5.32 Å². The maximum Gasteiger partial charge on any atom is 0.243 e. The number of carbonyl (C=O) groups is 2. The number of hydrogen-bond donors (Lipinski definition) is 1. The van der Waals surface area contributed by atoms with Crippen LogP contribution >= 0.6 is 0 Å². The van der Waals surface area contributed by atoms with Crippen molar-refractivity contribution >= 4 is 17.5 Å². The first-order chi connectivity index (χ1) is 11.2. The van der Waals surface area contributed by atoms with Crippen molar-refractivity contribution in [3.63, 3.8) is 0 Å². The fourth-order valence-electron chi connectivity index (χ4n) is 2.97. The SMILES string of the molecule is CC[C@H]1C[C@H]1NC(=O)CCC(=O)N1CCC(c2ccccc2)=N1. The van der Waals surface area contributed by atoms with Gasteiger partial charge in [0.05, 0.1) is 12.3 Å². The minimum absolute atomic E-state index is 0.0224. The molecule has 1 N–H and O–H groups in total. The number of hydrazone groups is 1. The summed E-state index contributed by atoms with van der Waals surface area (Å²) in [6.07, 6.45) is 3.42. The van der Waals surface area contributed by atoms with Crippen LogP contribution in [-0.2, 0) is 9.59 Å². The molecule has 0 saturated heterocycles. The standard InChI is InChI=1S/C18H23N3O2/c1-2-13-12-16(13)19-17(22)8-9-18(23)21-11-10-15(20-21)14-6-4-3-5-7-14/h3-7,13,16H,2,8-12H2,1H3,(H,19,22)/t13-,16+/m0/s1. The first-order valence-corrected chi connectivity index (χ1v) is 8.40. The van der Waals surface area contributed by atoms with Crippen LogP contribution in [0.3, 0.4) is 0 Å². The predicted molar refractivity (Wildman–Crippen MR) is 88.9 cm³/mol. The smallest absolute Gasteiger partial charge is 0.243 e. The molecule has 0 unspecified atom stereocenters. The van der Waals surface area contributed by atoms with Crippen LogP contribution in [0.5, 0.6) is 0 Å². The van der Waals surface area contributed by atoms with Crippen molar-refractivity contribution in [1.82, 2.24) is 10.3 Å². The summed E-state index contributed by atoms with van der Waals surface area (Å²) >= 11 is 0. The third kappa shape index (κ3) is 3.97. The molecule has 1 aliphatic heterocycles. The number of amides is 2. The van der Waals surface area contributed by atoms with Gasteiger partial charge in [0.1, 0.15) is 0 Å². The Morgan fingerprint density at radius 3 is 2.74 bits per heavy atom. The molecule has 122 valence electrons. The summed E-state index contributed by atoms with van der Waals surface area (Å²) in [4.78, 5) is 24.0. The highest BCUT2D eigenvalue weighted by atomic mass is 16.2. The molecule has 2 atom stereocenters. The zero-order valence-electron chi connectivity index (χ0n) is 13.5. The Balaban J connectivity index is 1.46. The van der Waals surface area contributed by atoms with Gasteiger partial charge in [-0.3, -0.25) is 9.59 Å². The van der Waals surface area contributed by atoms with E-state index >= 15 is 0 Å². The van der Waals surface area contributed by atoms with E-state index in [9.17, 15) is 9.59 Å². The van der Waals surface area contributed by atoms with Gasteiger partial charge in [-0.05, 0) is 17.9 Å². The van der Waals surface area contributed by atoms with Crippen LogP contribution in [0.2, 0.25) is 0 Å². The molecule has 1 saturated carbocycles. The third-order valence-corrected chi connectivity index (χ3v) is 4.56. The van der Waals surface area contributed by atoms with Gasteiger partial charge in [0.25, 0.3) is 0 Å². The van der Waals surface area contributed by atoms with E-state index in [1.54, 1.807) is 0 Å². The van der Waals surface area contributed by atoms with Gasteiger partial charge in [0.15, 0.2) is 0 Å². The van der Waals surface area contributed by atoms with Crippen LogP contribution in [0.4, 0.5) is 0 Å². The average Bonchev–Trinajstić information content (AvgIpc) is 3.13. The third-order valence-electron chi connectivity index (χ3n) is 4.56. The Morgan fingerprint density at radius 1 is 1.26 bits per heavy atom. The van der Waals surface area contributed by atoms with Crippen LogP contribution in [0.1, 0.15) is 44.6 Å². The molecule has 0 bridgehead atoms. The Bertz CT molecular complexity index is 612. The lowest BCUT2D eigenvalue weighted by Crippen LogP contribution is -2.29. The average molecular weight is 313 g/mol. The summed E-state index contributed by atoms with van der Waals surface area (Å²) in [6.45, 7) is 2.74. The molecule has 2 amide bonds. The van der Waals surface area contributed by atoms with Crippen molar-refractivity contribution in [2.75, 3.05) is 6.54 Å². The number of hydrogen-bond acceptors (Lipinski definition) is 3. The number of carbonyl (C=O) groups excluding carboxylic acids is 2. The number of benzene rings is 1. The molecular weight excluding hydrogens is 290 g/mol. The highest BCUT2D eigenvalue weighted by Gasteiger charge is 2.36. The molecule has 2 aliphatic rings. The Labute approximate surface area is 136 Å². The molecule has 5 nitrogen and oxygen atoms in total. The van der Waals surface area contributed by atoms with Crippen LogP contribution in [0, 0.1) is 5.92 Å². The van der Waals surface area contributed by atoms with E-state index in [1.807, 2.05) is 30.3 Å². The number of nitrogens with zero attached hydrogens (tertiary/aromatic N) is 2. The lowest BCUT2D eigenvalue weighted by atomic mass is 10.1.